The van der Waals surface area contributed by atoms with Gasteiger partial charge in [-0.3, -0.25) is 4.79 Å². The average Bonchev–Trinajstić information content (AvgIpc) is 3.19. The minimum absolute atomic E-state index is 0.0371. The molecule has 0 spiro atoms. The van der Waals surface area contributed by atoms with Crippen LogP contribution < -0.4 is 10.2 Å². The number of rotatable bonds is 6. The van der Waals surface area contributed by atoms with E-state index < -0.39 is 0 Å². The van der Waals surface area contributed by atoms with E-state index in [0.29, 0.717) is 25.8 Å². The molecular weight excluding hydrogens is 358 g/mol. The Morgan fingerprint density at radius 3 is 2.64 bits per heavy atom. The molecule has 0 aromatic carbocycles. The van der Waals surface area contributed by atoms with E-state index in [1.54, 1.807) is 0 Å². The van der Waals surface area contributed by atoms with Crippen molar-refractivity contribution in [1.29, 1.82) is 0 Å². The minimum Gasteiger partial charge on any atom is -0.396 e. The van der Waals surface area contributed by atoms with Gasteiger partial charge in [0.25, 0.3) is 5.91 Å². The molecule has 2 N–H and O–H groups in total. The van der Waals surface area contributed by atoms with Gasteiger partial charge in [0, 0.05) is 55.6 Å². The Bertz CT molecular complexity index is 703. The zero-order valence-electron chi connectivity index (χ0n) is 17.5. The van der Waals surface area contributed by atoms with Crippen LogP contribution in [0.2, 0.25) is 0 Å². The first-order valence-electron chi connectivity index (χ1n) is 10.1. The van der Waals surface area contributed by atoms with Crippen LogP contribution in [0.3, 0.4) is 0 Å². The van der Waals surface area contributed by atoms with Crippen molar-refractivity contribution in [2.45, 2.75) is 39.2 Å². The molecule has 1 atom stereocenters. The predicted molar refractivity (Wildman–Crippen MR) is 108 cm³/mol. The van der Waals surface area contributed by atoms with Gasteiger partial charge in [-0.15, -0.1) is 0 Å². The third-order valence-corrected chi connectivity index (χ3v) is 6.27. The fourth-order valence-corrected chi connectivity index (χ4v) is 3.92. The minimum atomic E-state index is -0.315. The Kier molecular flexibility index (Phi) is 6.52. The van der Waals surface area contributed by atoms with Gasteiger partial charge in [0.2, 0.25) is 5.82 Å². The van der Waals surface area contributed by atoms with Crippen LogP contribution in [-0.4, -0.2) is 85.5 Å². The lowest BCUT2D eigenvalue weighted by atomic mass is 9.81. The van der Waals surface area contributed by atoms with Crippen LogP contribution in [0, 0.1) is 19.3 Å². The number of carbonyl (C=O) groups is 1. The Morgan fingerprint density at radius 2 is 2.04 bits per heavy atom. The number of hydrogen-bond donors (Lipinski definition) is 2. The molecular formula is C20H33N5O3. The molecule has 2 saturated heterocycles. The summed E-state index contributed by atoms with van der Waals surface area (Å²) in [6.07, 6.45) is 2.56. The Hall–Kier alpha value is -1.77. The third-order valence-electron chi connectivity index (χ3n) is 6.27. The molecule has 0 unspecified atom stereocenters. The molecule has 0 aliphatic carbocycles. The Balaban J connectivity index is 1.73. The maximum Gasteiger partial charge on any atom is 0.289 e. The lowest BCUT2D eigenvalue weighted by Gasteiger charge is -2.35. The van der Waals surface area contributed by atoms with Gasteiger partial charge >= 0.3 is 0 Å². The van der Waals surface area contributed by atoms with Crippen molar-refractivity contribution in [2.24, 2.45) is 5.41 Å². The van der Waals surface area contributed by atoms with Crippen molar-refractivity contribution in [1.82, 2.24) is 20.2 Å². The number of nitrogens with one attached hydrogen (secondary N) is 1. The van der Waals surface area contributed by atoms with Crippen LogP contribution in [0.1, 0.15) is 41.1 Å². The van der Waals surface area contributed by atoms with Crippen molar-refractivity contribution in [3.05, 3.63) is 17.1 Å². The molecule has 8 heteroatoms. The smallest absolute Gasteiger partial charge is 0.289 e. The summed E-state index contributed by atoms with van der Waals surface area (Å²) in [6.45, 7) is 7.43. The van der Waals surface area contributed by atoms with Crippen LogP contribution in [0.5, 0.6) is 0 Å². The highest BCUT2D eigenvalue weighted by Gasteiger charge is 2.33. The van der Waals surface area contributed by atoms with E-state index in [1.807, 2.05) is 13.8 Å². The lowest BCUT2D eigenvalue weighted by Crippen LogP contribution is -2.44. The fourth-order valence-electron chi connectivity index (χ4n) is 3.92. The average molecular weight is 392 g/mol. The van der Waals surface area contributed by atoms with E-state index in [1.165, 1.54) is 0 Å². The molecule has 2 aliphatic rings. The number of carbonyl (C=O) groups excluding carboxylic acids is 1. The molecule has 156 valence electrons. The van der Waals surface area contributed by atoms with E-state index >= 15 is 0 Å². The van der Waals surface area contributed by atoms with Crippen molar-refractivity contribution >= 4 is 11.7 Å². The van der Waals surface area contributed by atoms with Crippen LogP contribution in [0.4, 0.5) is 5.82 Å². The lowest BCUT2D eigenvalue weighted by molar-refractivity contribution is -0.0146. The summed E-state index contributed by atoms with van der Waals surface area (Å²) in [7, 11) is 4.19. The number of aryl methyl sites for hydroxylation is 1. The monoisotopic (exact) mass is 391 g/mol. The van der Waals surface area contributed by atoms with Gasteiger partial charge in [-0.1, -0.05) is 0 Å². The zero-order valence-corrected chi connectivity index (χ0v) is 17.5. The highest BCUT2D eigenvalue weighted by atomic mass is 16.5. The van der Waals surface area contributed by atoms with Crippen molar-refractivity contribution in [3.63, 3.8) is 0 Å². The number of nitrogens with zero attached hydrogens (tertiary/aromatic N) is 4. The number of aliphatic hydroxyl groups excluding tert-OH is 1. The summed E-state index contributed by atoms with van der Waals surface area (Å²) in [4.78, 5) is 26.3. The summed E-state index contributed by atoms with van der Waals surface area (Å²) < 4.78 is 5.39. The van der Waals surface area contributed by atoms with Crippen molar-refractivity contribution in [3.8, 4) is 0 Å². The highest BCUT2D eigenvalue weighted by molar-refractivity contribution is 5.91. The standard InChI is InChI=1S/C20H33N5O3/c1-14-15(2)22-17(23-18(14)25-8-5-16(11-25)24(3)4)19(27)21-12-20(13-26)6-9-28-10-7-20/h16,26H,5-13H2,1-4H3,(H,21,27)/t16-/m1/s1. The van der Waals surface area contributed by atoms with Gasteiger partial charge in [0.05, 0.1) is 6.61 Å². The maximum atomic E-state index is 12.8. The zero-order chi connectivity index (χ0) is 20.3. The highest BCUT2D eigenvalue weighted by Crippen LogP contribution is 2.29. The second kappa shape index (κ2) is 8.71. The van der Waals surface area contributed by atoms with E-state index in [9.17, 15) is 9.90 Å². The van der Waals surface area contributed by atoms with Gasteiger partial charge in [0.15, 0.2) is 0 Å². The number of aromatic nitrogens is 2. The first-order valence-corrected chi connectivity index (χ1v) is 10.1. The Morgan fingerprint density at radius 1 is 1.32 bits per heavy atom. The predicted octanol–water partition coefficient (Wildman–Crippen LogP) is 0.753. The molecule has 8 nitrogen and oxygen atoms in total. The normalized spacial score (nSPS) is 21.9. The van der Waals surface area contributed by atoms with E-state index in [2.05, 4.69) is 39.2 Å². The maximum absolute atomic E-state index is 12.8. The van der Waals surface area contributed by atoms with Gasteiger partial charge in [-0.25, -0.2) is 9.97 Å². The number of ether oxygens (including phenoxy) is 1. The van der Waals surface area contributed by atoms with E-state index in [-0.39, 0.29) is 23.8 Å². The van der Waals surface area contributed by atoms with Crippen LogP contribution in [0.15, 0.2) is 0 Å². The van der Waals surface area contributed by atoms with Gasteiger partial charge in [-0.2, -0.15) is 0 Å². The first kappa shape index (κ1) is 21.0. The number of likely N-dealkylation sites (N-methyl/N-ethyl adjacent to an activating group) is 1. The Labute approximate surface area is 167 Å². The second-order valence-corrected chi connectivity index (χ2v) is 8.39. The largest absolute Gasteiger partial charge is 0.396 e. The number of hydrogen-bond acceptors (Lipinski definition) is 7. The van der Waals surface area contributed by atoms with E-state index in [0.717, 1.165) is 49.4 Å². The van der Waals surface area contributed by atoms with Crippen LogP contribution in [0.25, 0.3) is 0 Å². The summed E-state index contributed by atoms with van der Waals surface area (Å²) in [5.74, 6) is 0.767. The summed E-state index contributed by atoms with van der Waals surface area (Å²) in [6, 6.07) is 0.491. The number of aliphatic hydroxyl groups is 1. The molecule has 1 aromatic heterocycles. The summed E-state index contributed by atoms with van der Waals surface area (Å²) >= 11 is 0. The molecule has 0 radical (unpaired) electrons. The quantitative estimate of drug-likeness (QED) is 0.740. The molecule has 2 fully saturated rings. The molecule has 3 rings (SSSR count). The molecule has 1 amide bonds. The van der Waals surface area contributed by atoms with Gasteiger partial charge in [-0.05, 0) is 47.2 Å². The number of anilines is 1. The first-order chi connectivity index (χ1) is 13.3. The summed E-state index contributed by atoms with van der Waals surface area (Å²) in [5.41, 5.74) is 1.53. The van der Waals surface area contributed by atoms with Gasteiger partial charge in [0.1, 0.15) is 5.82 Å². The summed E-state index contributed by atoms with van der Waals surface area (Å²) in [5, 5.41) is 12.8. The van der Waals surface area contributed by atoms with Crippen LogP contribution >= 0.6 is 0 Å². The molecule has 0 bridgehead atoms. The molecule has 3 heterocycles. The molecule has 2 aliphatic heterocycles. The third kappa shape index (κ3) is 4.45. The van der Waals surface area contributed by atoms with E-state index in [4.69, 9.17) is 4.74 Å². The fraction of sp³-hybridized carbons (Fsp3) is 0.750. The second-order valence-electron chi connectivity index (χ2n) is 8.39. The van der Waals surface area contributed by atoms with Crippen LogP contribution in [-0.2, 0) is 4.74 Å². The van der Waals surface area contributed by atoms with Crippen molar-refractivity contribution < 1.29 is 14.6 Å². The topological polar surface area (TPSA) is 90.8 Å². The SMILES string of the molecule is Cc1nc(C(=O)NCC2(CO)CCOCC2)nc(N2CC[C@@H](N(C)C)C2)c1C. The molecule has 1 aromatic rings. The van der Waals surface area contributed by atoms with Crippen molar-refractivity contribution in [2.75, 3.05) is 58.5 Å². The molecule has 28 heavy (non-hydrogen) atoms. The number of amides is 1. The molecule has 0 saturated carbocycles. The van der Waals surface area contributed by atoms with Gasteiger partial charge < -0.3 is 25.0 Å².